The first kappa shape index (κ1) is 11.5. The van der Waals surface area contributed by atoms with Gasteiger partial charge in [-0.3, -0.25) is 4.68 Å². The molecule has 0 amide bonds. The van der Waals surface area contributed by atoms with Gasteiger partial charge < -0.3 is 4.57 Å². The Balaban J connectivity index is 2.28. The molecular weight excluding hydrogens is 238 g/mol. The minimum absolute atomic E-state index is 0.623. The molecule has 3 aromatic rings. The summed E-state index contributed by atoms with van der Waals surface area (Å²) >= 11 is 0. The van der Waals surface area contributed by atoms with Crippen LogP contribution >= 0.6 is 0 Å². The van der Waals surface area contributed by atoms with E-state index in [1.54, 1.807) is 0 Å². The molecule has 0 spiro atoms. The van der Waals surface area contributed by atoms with Crippen LogP contribution in [0.5, 0.6) is 0 Å². The molecule has 0 aliphatic carbocycles. The van der Waals surface area contributed by atoms with E-state index in [0.29, 0.717) is 5.56 Å². The molecule has 0 radical (unpaired) electrons. The van der Waals surface area contributed by atoms with Crippen molar-refractivity contribution >= 4 is 11.0 Å². The Kier molecular flexibility index (Phi) is 2.39. The lowest BCUT2D eigenvalue weighted by molar-refractivity contribution is 0.754. The molecule has 2 aromatic heterocycles. The van der Waals surface area contributed by atoms with Gasteiger partial charge in [-0.2, -0.15) is 10.4 Å². The SMILES string of the molecule is Cc1cc(-c2nc3cc(C#N)ccc3n2C)n(C)n1. The molecule has 0 unspecified atom stereocenters. The second-order valence-corrected chi connectivity index (χ2v) is 4.60. The number of rotatable bonds is 1. The highest BCUT2D eigenvalue weighted by Crippen LogP contribution is 2.24. The number of aromatic nitrogens is 4. The van der Waals surface area contributed by atoms with Crippen molar-refractivity contribution in [2.45, 2.75) is 6.92 Å². The van der Waals surface area contributed by atoms with Crippen molar-refractivity contribution in [3.8, 4) is 17.6 Å². The molecule has 0 saturated carbocycles. The molecular formula is C14H13N5. The van der Waals surface area contributed by atoms with E-state index in [1.807, 2.05) is 54.5 Å². The third-order valence-electron chi connectivity index (χ3n) is 3.24. The summed E-state index contributed by atoms with van der Waals surface area (Å²) in [4.78, 5) is 4.62. The largest absolute Gasteiger partial charge is 0.326 e. The van der Waals surface area contributed by atoms with Crippen molar-refractivity contribution in [1.82, 2.24) is 19.3 Å². The highest BCUT2D eigenvalue weighted by molar-refractivity contribution is 5.81. The first-order chi connectivity index (χ1) is 9.10. The number of aryl methyl sites for hydroxylation is 3. The van der Waals surface area contributed by atoms with E-state index in [2.05, 4.69) is 16.2 Å². The number of fused-ring (bicyclic) bond motifs is 1. The Hall–Kier alpha value is -2.61. The molecule has 3 rings (SSSR count). The van der Waals surface area contributed by atoms with E-state index in [9.17, 15) is 0 Å². The zero-order valence-electron chi connectivity index (χ0n) is 11.0. The Labute approximate surface area is 110 Å². The van der Waals surface area contributed by atoms with Crippen LogP contribution in [0.15, 0.2) is 24.3 Å². The second-order valence-electron chi connectivity index (χ2n) is 4.60. The van der Waals surface area contributed by atoms with Gasteiger partial charge in [0.25, 0.3) is 0 Å². The van der Waals surface area contributed by atoms with Crippen LogP contribution in [-0.2, 0) is 14.1 Å². The van der Waals surface area contributed by atoms with Gasteiger partial charge in [0.2, 0.25) is 0 Å². The zero-order chi connectivity index (χ0) is 13.6. The Bertz CT molecular complexity index is 816. The highest BCUT2D eigenvalue weighted by Gasteiger charge is 2.14. The van der Waals surface area contributed by atoms with E-state index in [-0.39, 0.29) is 0 Å². The van der Waals surface area contributed by atoms with Crippen molar-refractivity contribution in [3.63, 3.8) is 0 Å². The lowest BCUT2D eigenvalue weighted by Crippen LogP contribution is -1.99. The van der Waals surface area contributed by atoms with Crippen LogP contribution in [0.4, 0.5) is 0 Å². The number of hydrogen-bond acceptors (Lipinski definition) is 3. The number of hydrogen-bond donors (Lipinski definition) is 0. The van der Waals surface area contributed by atoms with Gasteiger partial charge in [-0.1, -0.05) is 0 Å². The summed E-state index contributed by atoms with van der Waals surface area (Å²) in [5.74, 6) is 0.855. The first-order valence-corrected chi connectivity index (χ1v) is 5.98. The van der Waals surface area contributed by atoms with Crippen LogP contribution in [0.2, 0.25) is 0 Å². The monoisotopic (exact) mass is 251 g/mol. The predicted molar refractivity (Wildman–Crippen MR) is 72.4 cm³/mol. The maximum atomic E-state index is 8.94. The van der Waals surface area contributed by atoms with Gasteiger partial charge in [-0.15, -0.1) is 0 Å². The molecule has 0 atom stereocenters. The van der Waals surface area contributed by atoms with Crippen LogP contribution in [0.3, 0.4) is 0 Å². The zero-order valence-corrected chi connectivity index (χ0v) is 11.0. The van der Waals surface area contributed by atoms with Gasteiger partial charge in [-0.25, -0.2) is 4.98 Å². The standard InChI is InChI=1S/C14H13N5/c1-9-6-13(19(3)17-9)14-16-11-7-10(8-15)4-5-12(11)18(14)2/h4-7H,1-3H3. The fraction of sp³-hybridized carbons (Fsp3) is 0.214. The molecule has 0 fully saturated rings. The van der Waals surface area contributed by atoms with Gasteiger partial charge in [0.15, 0.2) is 5.82 Å². The molecule has 2 heterocycles. The number of nitriles is 1. The quantitative estimate of drug-likeness (QED) is 0.665. The van der Waals surface area contributed by atoms with Gasteiger partial charge in [-0.05, 0) is 31.2 Å². The van der Waals surface area contributed by atoms with Crippen molar-refractivity contribution in [2.24, 2.45) is 14.1 Å². The van der Waals surface area contributed by atoms with Crippen LogP contribution < -0.4 is 0 Å². The van der Waals surface area contributed by atoms with Crippen molar-refractivity contribution in [1.29, 1.82) is 5.26 Å². The summed E-state index contributed by atoms with van der Waals surface area (Å²) in [6, 6.07) is 9.68. The Morgan fingerprint density at radius 2 is 2.00 bits per heavy atom. The van der Waals surface area contributed by atoms with Gasteiger partial charge in [0.1, 0.15) is 5.69 Å². The van der Waals surface area contributed by atoms with Crippen LogP contribution in [-0.4, -0.2) is 19.3 Å². The van der Waals surface area contributed by atoms with Crippen LogP contribution in [0.25, 0.3) is 22.6 Å². The topological polar surface area (TPSA) is 59.4 Å². The fourth-order valence-corrected chi connectivity index (χ4v) is 2.32. The molecule has 0 saturated heterocycles. The molecule has 0 bridgehead atoms. The average molecular weight is 251 g/mol. The van der Waals surface area contributed by atoms with Crippen LogP contribution in [0, 0.1) is 18.3 Å². The molecule has 0 aliphatic rings. The average Bonchev–Trinajstić information content (AvgIpc) is 2.89. The smallest absolute Gasteiger partial charge is 0.159 e. The number of nitrogens with zero attached hydrogens (tertiary/aromatic N) is 5. The maximum Gasteiger partial charge on any atom is 0.159 e. The van der Waals surface area contributed by atoms with Gasteiger partial charge >= 0.3 is 0 Å². The highest BCUT2D eigenvalue weighted by atomic mass is 15.3. The normalized spacial score (nSPS) is 10.8. The Morgan fingerprint density at radius 3 is 2.63 bits per heavy atom. The van der Waals surface area contributed by atoms with Crippen molar-refractivity contribution in [2.75, 3.05) is 0 Å². The number of imidazole rings is 1. The third-order valence-corrected chi connectivity index (χ3v) is 3.24. The maximum absolute atomic E-state index is 8.94. The van der Waals surface area contributed by atoms with Gasteiger partial charge in [0.05, 0.1) is 28.4 Å². The second kappa shape index (κ2) is 3.95. The molecule has 5 nitrogen and oxygen atoms in total. The van der Waals surface area contributed by atoms with Crippen LogP contribution in [0.1, 0.15) is 11.3 Å². The minimum atomic E-state index is 0.623. The summed E-state index contributed by atoms with van der Waals surface area (Å²) in [5.41, 5.74) is 4.39. The summed E-state index contributed by atoms with van der Waals surface area (Å²) in [6.45, 7) is 1.96. The van der Waals surface area contributed by atoms with E-state index >= 15 is 0 Å². The third kappa shape index (κ3) is 1.69. The lowest BCUT2D eigenvalue weighted by Gasteiger charge is -2.02. The molecule has 1 aromatic carbocycles. The lowest BCUT2D eigenvalue weighted by atomic mass is 10.2. The summed E-state index contributed by atoms with van der Waals surface area (Å²) in [6.07, 6.45) is 0. The van der Waals surface area contributed by atoms with Crippen molar-refractivity contribution in [3.05, 3.63) is 35.5 Å². The molecule has 0 N–H and O–H groups in total. The van der Waals surface area contributed by atoms with E-state index in [4.69, 9.17) is 5.26 Å². The van der Waals surface area contributed by atoms with Gasteiger partial charge in [0, 0.05) is 14.1 Å². The molecule has 94 valence electrons. The minimum Gasteiger partial charge on any atom is -0.326 e. The summed E-state index contributed by atoms with van der Waals surface area (Å²) < 4.78 is 3.84. The fourth-order valence-electron chi connectivity index (χ4n) is 2.32. The molecule has 5 heteroatoms. The van der Waals surface area contributed by atoms with E-state index in [0.717, 1.165) is 28.2 Å². The first-order valence-electron chi connectivity index (χ1n) is 5.98. The van der Waals surface area contributed by atoms with E-state index in [1.165, 1.54) is 0 Å². The molecule has 19 heavy (non-hydrogen) atoms. The Morgan fingerprint density at radius 1 is 1.21 bits per heavy atom. The number of benzene rings is 1. The molecule has 0 aliphatic heterocycles. The summed E-state index contributed by atoms with van der Waals surface area (Å²) in [5, 5.41) is 13.3. The summed E-state index contributed by atoms with van der Waals surface area (Å²) in [7, 11) is 3.88. The van der Waals surface area contributed by atoms with Crippen molar-refractivity contribution < 1.29 is 0 Å². The predicted octanol–water partition coefficient (Wildman–Crippen LogP) is 2.15. The van der Waals surface area contributed by atoms with E-state index < -0.39 is 0 Å².